The van der Waals surface area contributed by atoms with Crippen molar-refractivity contribution in [2.45, 2.75) is 19.6 Å². The van der Waals surface area contributed by atoms with E-state index in [1.54, 1.807) is 18.2 Å². The Kier molecular flexibility index (Phi) is 7.16. The molecule has 2 aromatic rings. The zero-order valence-electron chi connectivity index (χ0n) is 14.1. The lowest BCUT2D eigenvalue weighted by molar-refractivity contribution is -0.119. The summed E-state index contributed by atoms with van der Waals surface area (Å²) in [4.78, 5) is 23.5. The van der Waals surface area contributed by atoms with Crippen LogP contribution in [0.15, 0.2) is 42.5 Å². The first-order valence-electron chi connectivity index (χ1n) is 7.69. The monoisotopic (exact) mass is 377 g/mol. The van der Waals surface area contributed by atoms with Gasteiger partial charge in [0.15, 0.2) is 0 Å². The molecule has 2 aromatic carbocycles. The molecule has 3 N–H and O–H groups in total. The van der Waals surface area contributed by atoms with Crippen molar-refractivity contribution in [1.82, 2.24) is 10.9 Å². The van der Waals surface area contributed by atoms with Crippen molar-refractivity contribution in [2.24, 2.45) is 0 Å². The van der Waals surface area contributed by atoms with Gasteiger partial charge in [0.1, 0.15) is 0 Å². The zero-order chi connectivity index (χ0) is 18.2. The van der Waals surface area contributed by atoms with Crippen molar-refractivity contribution in [2.75, 3.05) is 11.1 Å². The van der Waals surface area contributed by atoms with Crippen molar-refractivity contribution in [3.05, 3.63) is 64.2 Å². The van der Waals surface area contributed by atoms with E-state index in [1.807, 2.05) is 38.1 Å². The maximum atomic E-state index is 11.8. The molecule has 0 aromatic heterocycles. The van der Waals surface area contributed by atoms with E-state index in [4.69, 9.17) is 11.6 Å². The molecule has 2 rings (SSSR count). The fraction of sp³-hybridized carbons (Fsp3) is 0.222. The molecule has 0 fully saturated rings. The summed E-state index contributed by atoms with van der Waals surface area (Å²) in [7, 11) is 0. The Hall–Kier alpha value is -2.18. The van der Waals surface area contributed by atoms with E-state index in [0.29, 0.717) is 10.7 Å². The topological polar surface area (TPSA) is 70.2 Å². The lowest BCUT2D eigenvalue weighted by Crippen LogP contribution is -2.44. The number of amides is 3. The Morgan fingerprint density at radius 1 is 1.04 bits per heavy atom. The summed E-state index contributed by atoms with van der Waals surface area (Å²) in [6, 6.07) is 12.8. The molecule has 0 atom stereocenters. The number of anilines is 1. The van der Waals surface area contributed by atoms with Crippen molar-refractivity contribution in [3.63, 3.8) is 0 Å². The largest absolute Gasteiger partial charge is 0.337 e. The molecule has 7 heteroatoms. The van der Waals surface area contributed by atoms with E-state index in [0.717, 1.165) is 16.9 Å². The van der Waals surface area contributed by atoms with E-state index in [1.165, 1.54) is 17.3 Å². The van der Waals surface area contributed by atoms with Gasteiger partial charge in [-0.3, -0.25) is 10.2 Å². The van der Waals surface area contributed by atoms with Gasteiger partial charge in [0.2, 0.25) is 5.91 Å². The predicted molar refractivity (Wildman–Crippen MR) is 104 cm³/mol. The van der Waals surface area contributed by atoms with Gasteiger partial charge in [-0.1, -0.05) is 47.5 Å². The van der Waals surface area contributed by atoms with Crippen LogP contribution in [0.3, 0.4) is 0 Å². The number of hydrogen-bond acceptors (Lipinski definition) is 3. The highest BCUT2D eigenvalue weighted by molar-refractivity contribution is 7.99. The highest BCUT2D eigenvalue weighted by Gasteiger charge is 2.06. The van der Waals surface area contributed by atoms with Crippen LogP contribution in [0.2, 0.25) is 5.02 Å². The normalized spacial score (nSPS) is 10.2. The molecular weight excluding hydrogens is 358 g/mol. The summed E-state index contributed by atoms with van der Waals surface area (Å²) in [6.07, 6.45) is 0. The van der Waals surface area contributed by atoms with Crippen LogP contribution in [0.1, 0.15) is 16.7 Å². The molecule has 0 radical (unpaired) electrons. The van der Waals surface area contributed by atoms with E-state index in [9.17, 15) is 9.59 Å². The Morgan fingerprint density at radius 2 is 1.76 bits per heavy atom. The Balaban J connectivity index is 1.67. The molecule has 5 nitrogen and oxygen atoms in total. The van der Waals surface area contributed by atoms with Crippen LogP contribution in [-0.4, -0.2) is 17.7 Å². The smallest absolute Gasteiger partial charge is 0.307 e. The van der Waals surface area contributed by atoms with Gasteiger partial charge >= 0.3 is 6.03 Å². The van der Waals surface area contributed by atoms with E-state index in [2.05, 4.69) is 16.2 Å². The van der Waals surface area contributed by atoms with Crippen molar-refractivity contribution >= 4 is 41.0 Å². The minimum absolute atomic E-state index is 0.254. The molecule has 3 amide bonds. The fourth-order valence-electron chi connectivity index (χ4n) is 1.94. The van der Waals surface area contributed by atoms with Crippen LogP contribution in [0.4, 0.5) is 10.5 Å². The standard InChI is InChI=1S/C18H20ClN3O2S/c1-12-3-6-14(7-4-12)10-25-11-17(23)21-22-18(24)20-15-8-5-13(2)16(19)9-15/h3-9H,10-11H2,1-2H3,(H,21,23)(H2,20,22,24). The average molecular weight is 378 g/mol. The highest BCUT2D eigenvalue weighted by atomic mass is 35.5. The lowest BCUT2D eigenvalue weighted by atomic mass is 10.2. The van der Waals surface area contributed by atoms with Gasteiger partial charge in [0.05, 0.1) is 5.75 Å². The predicted octanol–water partition coefficient (Wildman–Crippen LogP) is 4.04. The van der Waals surface area contributed by atoms with Crippen LogP contribution in [-0.2, 0) is 10.5 Å². The minimum Gasteiger partial charge on any atom is -0.307 e. The third-order valence-corrected chi connectivity index (χ3v) is 4.78. The lowest BCUT2D eigenvalue weighted by Gasteiger charge is -2.10. The summed E-state index contributed by atoms with van der Waals surface area (Å²) in [5.74, 6) is 0.723. The van der Waals surface area contributed by atoms with Gasteiger partial charge in [0.25, 0.3) is 0 Å². The van der Waals surface area contributed by atoms with Crippen LogP contribution in [0.5, 0.6) is 0 Å². The second kappa shape index (κ2) is 9.34. The number of halogens is 1. The van der Waals surface area contributed by atoms with E-state index >= 15 is 0 Å². The summed E-state index contributed by atoms with van der Waals surface area (Å²) >= 11 is 7.48. The van der Waals surface area contributed by atoms with Crippen LogP contribution in [0.25, 0.3) is 0 Å². The maximum Gasteiger partial charge on any atom is 0.337 e. The Bertz CT molecular complexity index is 750. The number of benzene rings is 2. The first kappa shape index (κ1) is 19.1. The first-order valence-corrected chi connectivity index (χ1v) is 9.22. The summed E-state index contributed by atoms with van der Waals surface area (Å²) in [5.41, 5.74) is 8.52. The number of aryl methyl sites for hydroxylation is 2. The SMILES string of the molecule is Cc1ccc(CSCC(=O)NNC(=O)Nc2ccc(C)c(Cl)c2)cc1. The van der Waals surface area contributed by atoms with Crippen molar-refractivity contribution in [3.8, 4) is 0 Å². The number of hydrazine groups is 1. The maximum absolute atomic E-state index is 11.8. The average Bonchev–Trinajstić information content (AvgIpc) is 2.58. The van der Waals surface area contributed by atoms with Crippen LogP contribution in [0, 0.1) is 13.8 Å². The molecular formula is C18H20ClN3O2S. The number of thioether (sulfide) groups is 1. The van der Waals surface area contributed by atoms with Gasteiger partial charge < -0.3 is 5.32 Å². The molecule has 0 aliphatic heterocycles. The van der Waals surface area contributed by atoms with E-state index < -0.39 is 6.03 Å². The number of nitrogens with one attached hydrogen (secondary N) is 3. The molecule has 0 saturated carbocycles. The number of urea groups is 1. The van der Waals surface area contributed by atoms with Gasteiger partial charge in [-0.25, -0.2) is 10.2 Å². The third-order valence-electron chi connectivity index (χ3n) is 3.37. The minimum atomic E-state index is -0.531. The second-order valence-corrected chi connectivity index (χ2v) is 6.96. The molecule has 0 spiro atoms. The van der Waals surface area contributed by atoms with Gasteiger partial charge in [0, 0.05) is 16.5 Å². The highest BCUT2D eigenvalue weighted by Crippen LogP contribution is 2.19. The van der Waals surface area contributed by atoms with Crippen LogP contribution < -0.4 is 16.2 Å². The number of carbonyl (C=O) groups is 2. The van der Waals surface area contributed by atoms with Crippen molar-refractivity contribution in [1.29, 1.82) is 0 Å². The zero-order valence-corrected chi connectivity index (χ0v) is 15.6. The third kappa shape index (κ3) is 6.68. The molecule has 25 heavy (non-hydrogen) atoms. The second-order valence-electron chi connectivity index (χ2n) is 5.57. The molecule has 0 aliphatic rings. The molecule has 0 heterocycles. The molecule has 0 unspecified atom stereocenters. The van der Waals surface area contributed by atoms with Crippen molar-refractivity contribution < 1.29 is 9.59 Å². The Labute approximate surface area is 156 Å². The number of carbonyl (C=O) groups excluding carboxylic acids is 2. The van der Waals surface area contributed by atoms with Gasteiger partial charge in [-0.2, -0.15) is 0 Å². The first-order chi connectivity index (χ1) is 11.9. The fourth-order valence-corrected chi connectivity index (χ4v) is 2.91. The quantitative estimate of drug-likeness (QED) is 0.688. The summed E-state index contributed by atoms with van der Waals surface area (Å²) < 4.78 is 0. The van der Waals surface area contributed by atoms with E-state index in [-0.39, 0.29) is 11.7 Å². The summed E-state index contributed by atoms with van der Waals surface area (Å²) in [5, 5.41) is 3.16. The molecule has 0 saturated heterocycles. The van der Waals surface area contributed by atoms with Crippen LogP contribution >= 0.6 is 23.4 Å². The van der Waals surface area contributed by atoms with Gasteiger partial charge in [-0.05, 0) is 37.1 Å². The molecule has 0 bridgehead atoms. The molecule has 132 valence electrons. The Morgan fingerprint density at radius 3 is 2.44 bits per heavy atom. The number of rotatable bonds is 5. The number of hydrogen-bond donors (Lipinski definition) is 3. The van der Waals surface area contributed by atoms with Gasteiger partial charge in [-0.15, -0.1) is 11.8 Å². The summed E-state index contributed by atoms with van der Waals surface area (Å²) in [6.45, 7) is 3.91. The molecule has 0 aliphatic carbocycles.